The summed E-state index contributed by atoms with van der Waals surface area (Å²) in [7, 11) is 0. The van der Waals surface area contributed by atoms with Gasteiger partial charge in [-0.25, -0.2) is 4.39 Å². The topological polar surface area (TPSA) is 33.0 Å². The van der Waals surface area contributed by atoms with Gasteiger partial charge < -0.3 is 4.74 Å². The maximum absolute atomic E-state index is 13.2. The summed E-state index contributed by atoms with van der Waals surface area (Å²) in [5.41, 5.74) is -1.03. The Bertz CT molecular complexity index is 722. The van der Waals surface area contributed by atoms with E-state index >= 15 is 0 Å². The van der Waals surface area contributed by atoms with Gasteiger partial charge in [-0.05, 0) is 52.3 Å². The zero-order valence-corrected chi connectivity index (χ0v) is 11.8. The number of hydrogen-bond acceptors (Lipinski definition) is 2. The van der Waals surface area contributed by atoms with Crippen molar-refractivity contribution in [2.45, 2.75) is 6.18 Å². The molecule has 0 aliphatic rings. The monoisotopic (exact) mass is 359 g/mol. The van der Waals surface area contributed by atoms with E-state index in [1.54, 1.807) is 0 Å². The number of hydrogen-bond donors (Lipinski definition) is 0. The Morgan fingerprint density at radius 1 is 1.10 bits per heavy atom. The standard InChI is InChI=1S/C14H6BrF4NO/c15-11-5-8(7-20)1-4-13(11)21-9-2-3-12(16)10(6-9)14(17,18)19/h1-6H. The van der Waals surface area contributed by atoms with Gasteiger partial charge >= 0.3 is 6.18 Å². The van der Waals surface area contributed by atoms with Crippen LogP contribution >= 0.6 is 15.9 Å². The molecule has 0 bridgehead atoms. The molecule has 7 heteroatoms. The Morgan fingerprint density at radius 2 is 1.81 bits per heavy atom. The van der Waals surface area contributed by atoms with Crippen LogP contribution < -0.4 is 4.74 Å². The highest BCUT2D eigenvalue weighted by molar-refractivity contribution is 9.10. The molecular weight excluding hydrogens is 354 g/mol. The second-order valence-electron chi connectivity index (χ2n) is 4.00. The third-order valence-corrected chi connectivity index (χ3v) is 3.15. The maximum atomic E-state index is 13.2. The van der Waals surface area contributed by atoms with Crippen molar-refractivity contribution in [3.8, 4) is 17.6 Å². The second-order valence-corrected chi connectivity index (χ2v) is 4.85. The largest absolute Gasteiger partial charge is 0.456 e. The van der Waals surface area contributed by atoms with E-state index in [4.69, 9.17) is 10.00 Å². The van der Waals surface area contributed by atoms with Crippen LogP contribution in [0.1, 0.15) is 11.1 Å². The summed E-state index contributed by atoms with van der Waals surface area (Å²) in [6, 6.07) is 8.62. The van der Waals surface area contributed by atoms with Crippen molar-refractivity contribution in [2.75, 3.05) is 0 Å². The predicted octanol–water partition coefficient (Wildman–Crippen LogP) is 5.27. The highest BCUT2D eigenvalue weighted by Crippen LogP contribution is 2.36. The van der Waals surface area contributed by atoms with Crippen molar-refractivity contribution >= 4 is 15.9 Å². The SMILES string of the molecule is N#Cc1ccc(Oc2ccc(F)c(C(F)(F)F)c2)c(Br)c1. The molecule has 2 aromatic carbocycles. The second kappa shape index (κ2) is 5.74. The summed E-state index contributed by atoms with van der Waals surface area (Å²) in [5, 5.41) is 8.72. The van der Waals surface area contributed by atoms with E-state index in [-0.39, 0.29) is 11.5 Å². The highest BCUT2D eigenvalue weighted by Gasteiger charge is 2.34. The first-order valence-corrected chi connectivity index (χ1v) is 6.35. The molecule has 0 saturated heterocycles. The van der Waals surface area contributed by atoms with Crippen molar-refractivity contribution in [3.63, 3.8) is 0 Å². The molecule has 0 heterocycles. The predicted molar refractivity (Wildman–Crippen MR) is 70.3 cm³/mol. The Kier molecular flexibility index (Phi) is 4.19. The van der Waals surface area contributed by atoms with Crippen LogP contribution in [0.3, 0.4) is 0 Å². The number of ether oxygens (including phenoxy) is 1. The van der Waals surface area contributed by atoms with Gasteiger partial charge in [-0.3, -0.25) is 0 Å². The minimum atomic E-state index is -4.80. The van der Waals surface area contributed by atoms with Gasteiger partial charge in [0.05, 0.1) is 21.7 Å². The summed E-state index contributed by atoms with van der Waals surface area (Å²) in [6.07, 6.45) is -4.80. The van der Waals surface area contributed by atoms with Crippen molar-refractivity contribution < 1.29 is 22.3 Å². The van der Waals surface area contributed by atoms with Crippen LogP contribution in [0.15, 0.2) is 40.9 Å². The quantitative estimate of drug-likeness (QED) is 0.684. The van der Waals surface area contributed by atoms with Gasteiger partial charge in [-0.1, -0.05) is 0 Å². The molecule has 0 atom stereocenters. The Hall–Kier alpha value is -2.07. The number of halogens is 5. The molecule has 0 spiro atoms. The van der Waals surface area contributed by atoms with E-state index in [2.05, 4.69) is 15.9 Å². The average molecular weight is 360 g/mol. The molecule has 0 aromatic heterocycles. The lowest BCUT2D eigenvalue weighted by atomic mass is 10.2. The highest BCUT2D eigenvalue weighted by atomic mass is 79.9. The third kappa shape index (κ3) is 3.52. The van der Waals surface area contributed by atoms with Crippen molar-refractivity contribution in [3.05, 3.63) is 57.8 Å². The molecule has 2 aromatic rings. The van der Waals surface area contributed by atoms with E-state index < -0.39 is 17.6 Å². The van der Waals surface area contributed by atoms with Crippen LogP contribution in [0.25, 0.3) is 0 Å². The molecule has 21 heavy (non-hydrogen) atoms. The summed E-state index contributed by atoms with van der Waals surface area (Å²) in [4.78, 5) is 0. The first-order chi connectivity index (χ1) is 9.81. The summed E-state index contributed by atoms with van der Waals surface area (Å²) < 4.78 is 56.7. The van der Waals surface area contributed by atoms with E-state index in [0.717, 1.165) is 6.07 Å². The molecule has 2 rings (SSSR count). The number of rotatable bonds is 2. The van der Waals surface area contributed by atoms with Gasteiger partial charge in [0.2, 0.25) is 0 Å². The normalized spacial score (nSPS) is 11.0. The lowest BCUT2D eigenvalue weighted by molar-refractivity contribution is -0.140. The van der Waals surface area contributed by atoms with Gasteiger partial charge in [-0.2, -0.15) is 18.4 Å². The smallest absolute Gasteiger partial charge is 0.419 e. The zero-order chi connectivity index (χ0) is 15.6. The van der Waals surface area contributed by atoms with E-state index in [9.17, 15) is 17.6 Å². The van der Waals surface area contributed by atoms with Crippen LogP contribution in [-0.4, -0.2) is 0 Å². The number of benzene rings is 2. The van der Waals surface area contributed by atoms with Gasteiger partial charge in [0.15, 0.2) is 0 Å². The molecule has 0 radical (unpaired) electrons. The van der Waals surface area contributed by atoms with Crippen LogP contribution in [-0.2, 0) is 6.18 Å². The van der Waals surface area contributed by atoms with Crippen molar-refractivity contribution in [1.82, 2.24) is 0 Å². The lowest BCUT2D eigenvalue weighted by Gasteiger charge is -2.12. The Morgan fingerprint density at radius 3 is 2.38 bits per heavy atom. The number of alkyl halides is 3. The summed E-state index contributed by atoms with van der Waals surface area (Å²) in [5.74, 6) is -1.31. The van der Waals surface area contributed by atoms with Crippen molar-refractivity contribution in [2.24, 2.45) is 0 Å². The molecule has 0 unspecified atom stereocenters. The van der Waals surface area contributed by atoms with E-state index in [0.29, 0.717) is 22.2 Å². The molecule has 0 aliphatic heterocycles. The summed E-state index contributed by atoms with van der Waals surface area (Å²) >= 11 is 3.15. The molecule has 0 N–H and O–H groups in total. The van der Waals surface area contributed by atoms with Crippen LogP contribution in [0.4, 0.5) is 17.6 Å². The molecule has 0 amide bonds. The fraction of sp³-hybridized carbons (Fsp3) is 0.0714. The van der Waals surface area contributed by atoms with Gasteiger partial charge in [0, 0.05) is 0 Å². The molecule has 2 nitrogen and oxygen atoms in total. The van der Waals surface area contributed by atoms with Crippen LogP contribution in [0, 0.1) is 17.1 Å². The van der Waals surface area contributed by atoms with Crippen LogP contribution in [0.2, 0.25) is 0 Å². The molecular formula is C14H6BrF4NO. The van der Waals surface area contributed by atoms with Gasteiger partial charge in [0.1, 0.15) is 17.3 Å². The Balaban J connectivity index is 2.35. The molecule has 0 saturated carbocycles. The molecule has 0 fully saturated rings. The van der Waals surface area contributed by atoms with Crippen LogP contribution in [0.5, 0.6) is 11.5 Å². The maximum Gasteiger partial charge on any atom is 0.419 e. The first-order valence-electron chi connectivity index (χ1n) is 5.55. The minimum Gasteiger partial charge on any atom is -0.456 e. The van der Waals surface area contributed by atoms with Gasteiger partial charge in [0.25, 0.3) is 0 Å². The van der Waals surface area contributed by atoms with E-state index in [1.165, 1.54) is 18.2 Å². The molecule has 0 aliphatic carbocycles. The summed E-state index contributed by atoms with van der Waals surface area (Å²) in [6.45, 7) is 0. The average Bonchev–Trinajstić information content (AvgIpc) is 2.41. The number of nitrogens with zero attached hydrogens (tertiary/aromatic N) is 1. The fourth-order valence-corrected chi connectivity index (χ4v) is 2.02. The van der Waals surface area contributed by atoms with Gasteiger partial charge in [-0.15, -0.1) is 0 Å². The molecule has 108 valence electrons. The number of nitriles is 1. The fourth-order valence-electron chi connectivity index (χ4n) is 1.57. The van der Waals surface area contributed by atoms with E-state index in [1.807, 2.05) is 6.07 Å². The first kappa shape index (κ1) is 15.3. The van der Waals surface area contributed by atoms with Crippen molar-refractivity contribution in [1.29, 1.82) is 5.26 Å². The lowest BCUT2D eigenvalue weighted by Crippen LogP contribution is -2.08. The zero-order valence-electron chi connectivity index (χ0n) is 10.2. The Labute approximate surface area is 125 Å². The minimum absolute atomic E-state index is 0.158. The third-order valence-electron chi connectivity index (χ3n) is 2.53.